The predicted octanol–water partition coefficient (Wildman–Crippen LogP) is 2.72. The molecule has 1 N–H and O–H groups in total. The number of ether oxygens (including phenoxy) is 1. The molecule has 2 heterocycles. The second-order valence-electron chi connectivity index (χ2n) is 5.10. The number of hydrogen-bond acceptors (Lipinski definition) is 5. The van der Waals surface area contributed by atoms with Crippen molar-refractivity contribution in [2.75, 3.05) is 6.61 Å². The van der Waals surface area contributed by atoms with Crippen molar-refractivity contribution in [3.05, 3.63) is 40.1 Å². The van der Waals surface area contributed by atoms with E-state index in [1.54, 1.807) is 17.5 Å². The molecule has 2 aromatic rings. The number of hydrogen-bond donors (Lipinski definition) is 1. The molecule has 0 saturated heterocycles. The molecule has 0 radical (unpaired) electrons. The number of aromatic nitrogens is 2. The van der Waals surface area contributed by atoms with Gasteiger partial charge in [0.25, 0.3) is 0 Å². The van der Waals surface area contributed by atoms with Gasteiger partial charge in [0.1, 0.15) is 5.75 Å². The summed E-state index contributed by atoms with van der Waals surface area (Å²) in [4.78, 5) is 9.75. The summed E-state index contributed by atoms with van der Waals surface area (Å²) in [6.45, 7) is 3.57. The highest BCUT2D eigenvalue weighted by molar-refractivity contribution is 7.09. The summed E-state index contributed by atoms with van der Waals surface area (Å²) in [5.41, 5.74) is 4.15. The molecule has 1 aliphatic carbocycles. The maximum atomic E-state index is 5.92. The monoisotopic (exact) mass is 289 g/mol. The molecule has 1 fully saturated rings. The molecule has 5 heteroatoms. The third kappa shape index (κ3) is 3.55. The lowest BCUT2D eigenvalue weighted by Gasteiger charge is -2.11. The lowest BCUT2D eigenvalue weighted by molar-refractivity contribution is 0.318. The minimum atomic E-state index is 0.684. The topological polar surface area (TPSA) is 47.0 Å². The first-order valence-electron chi connectivity index (χ1n) is 7.01. The van der Waals surface area contributed by atoms with Crippen LogP contribution in [0.3, 0.4) is 0 Å². The van der Waals surface area contributed by atoms with Gasteiger partial charge in [0, 0.05) is 41.8 Å². The molecule has 0 unspecified atom stereocenters. The van der Waals surface area contributed by atoms with Crippen LogP contribution in [-0.4, -0.2) is 22.6 Å². The van der Waals surface area contributed by atoms with Gasteiger partial charge in [-0.15, -0.1) is 11.3 Å². The van der Waals surface area contributed by atoms with Crippen LogP contribution in [0.1, 0.15) is 29.0 Å². The first-order valence-corrected chi connectivity index (χ1v) is 7.89. The molecule has 0 aliphatic heterocycles. The zero-order chi connectivity index (χ0) is 13.8. The Morgan fingerprint density at radius 1 is 1.45 bits per heavy atom. The molecule has 4 nitrogen and oxygen atoms in total. The van der Waals surface area contributed by atoms with Crippen LogP contribution in [0, 0.1) is 6.92 Å². The van der Waals surface area contributed by atoms with E-state index < -0.39 is 0 Å². The summed E-state index contributed by atoms with van der Waals surface area (Å²) >= 11 is 1.70. The van der Waals surface area contributed by atoms with Crippen molar-refractivity contribution in [2.45, 2.75) is 38.8 Å². The predicted molar refractivity (Wildman–Crippen MR) is 80.1 cm³/mol. The fourth-order valence-electron chi connectivity index (χ4n) is 2.05. The summed E-state index contributed by atoms with van der Waals surface area (Å²) in [5.74, 6) is 0.940. The van der Waals surface area contributed by atoms with E-state index in [-0.39, 0.29) is 0 Å². The number of pyridine rings is 1. The lowest BCUT2D eigenvalue weighted by atomic mass is 10.2. The highest BCUT2D eigenvalue weighted by Gasteiger charge is 2.20. The molecule has 0 bridgehead atoms. The van der Waals surface area contributed by atoms with Crippen LogP contribution in [0.15, 0.2) is 24.0 Å². The Hall–Kier alpha value is -1.46. The normalized spacial score (nSPS) is 14.4. The van der Waals surface area contributed by atoms with Crippen molar-refractivity contribution in [1.29, 1.82) is 0 Å². The fourth-order valence-corrected chi connectivity index (χ4v) is 2.81. The molecule has 0 atom stereocenters. The molecular formula is C15H19N3OS. The van der Waals surface area contributed by atoms with Crippen molar-refractivity contribution in [3.63, 3.8) is 0 Å². The van der Waals surface area contributed by atoms with Gasteiger partial charge in [-0.3, -0.25) is 4.98 Å². The van der Waals surface area contributed by atoms with Gasteiger partial charge in [-0.2, -0.15) is 0 Å². The average Bonchev–Trinajstić information content (AvgIpc) is 3.21. The number of nitrogens with zero attached hydrogens (tertiary/aromatic N) is 2. The molecule has 2 aromatic heterocycles. The third-order valence-electron chi connectivity index (χ3n) is 3.45. The summed E-state index contributed by atoms with van der Waals surface area (Å²) in [7, 11) is 0. The van der Waals surface area contributed by atoms with Crippen LogP contribution >= 0.6 is 11.3 Å². The van der Waals surface area contributed by atoms with Gasteiger partial charge in [-0.05, 0) is 25.8 Å². The second kappa shape index (κ2) is 6.33. The maximum Gasteiger partial charge on any atom is 0.126 e. The van der Waals surface area contributed by atoms with Gasteiger partial charge in [-0.25, -0.2) is 4.98 Å². The van der Waals surface area contributed by atoms with Crippen LogP contribution in [0.25, 0.3) is 0 Å². The van der Waals surface area contributed by atoms with E-state index >= 15 is 0 Å². The van der Waals surface area contributed by atoms with Crippen LogP contribution in [0.2, 0.25) is 0 Å². The Kier molecular flexibility index (Phi) is 4.28. The van der Waals surface area contributed by atoms with E-state index in [1.165, 1.54) is 17.7 Å². The van der Waals surface area contributed by atoms with Gasteiger partial charge in [0.05, 0.1) is 17.8 Å². The summed E-state index contributed by atoms with van der Waals surface area (Å²) in [6.07, 6.45) is 7.17. The Balaban J connectivity index is 1.54. The van der Waals surface area contributed by atoms with E-state index in [2.05, 4.69) is 15.3 Å². The summed E-state index contributed by atoms with van der Waals surface area (Å²) < 4.78 is 5.92. The Labute approximate surface area is 123 Å². The SMILES string of the molecule is Cc1ncsc1CCOc1ccncc1CNC1CC1. The maximum absolute atomic E-state index is 5.92. The molecule has 0 spiro atoms. The zero-order valence-corrected chi connectivity index (χ0v) is 12.4. The molecule has 20 heavy (non-hydrogen) atoms. The number of nitrogens with one attached hydrogen (secondary N) is 1. The third-order valence-corrected chi connectivity index (χ3v) is 4.44. The largest absolute Gasteiger partial charge is 0.493 e. The fraction of sp³-hybridized carbons (Fsp3) is 0.467. The van der Waals surface area contributed by atoms with Crippen LogP contribution in [0.5, 0.6) is 5.75 Å². The van der Waals surface area contributed by atoms with Crippen molar-refractivity contribution in [1.82, 2.24) is 15.3 Å². The van der Waals surface area contributed by atoms with Gasteiger partial charge >= 0.3 is 0 Å². The first-order chi connectivity index (χ1) is 9.83. The lowest BCUT2D eigenvalue weighted by Crippen LogP contribution is -2.16. The Morgan fingerprint density at radius 3 is 3.10 bits per heavy atom. The van der Waals surface area contributed by atoms with Gasteiger partial charge in [0.2, 0.25) is 0 Å². The van der Waals surface area contributed by atoms with E-state index in [1.807, 2.05) is 24.7 Å². The Morgan fingerprint density at radius 2 is 2.35 bits per heavy atom. The van der Waals surface area contributed by atoms with Crippen molar-refractivity contribution in [3.8, 4) is 5.75 Å². The molecule has 106 valence electrons. The van der Waals surface area contributed by atoms with E-state index in [0.29, 0.717) is 12.6 Å². The molecule has 1 aliphatic rings. The highest BCUT2D eigenvalue weighted by atomic mass is 32.1. The quantitative estimate of drug-likeness (QED) is 0.851. The minimum Gasteiger partial charge on any atom is -0.493 e. The molecule has 0 amide bonds. The number of aryl methyl sites for hydroxylation is 1. The summed E-state index contributed by atoms with van der Waals surface area (Å²) in [5, 5.41) is 3.50. The average molecular weight is 289 g/mol. The van der Waals surface area contributed by atoms with Crippen LogP contribution in [0.4, 0.5) is 0 Å². The number of rotatable bonds is 7. The highest BCUT2D eigenvalue weighted by Crippen LogP contribution is 2.22. The summed E-state index contributed by atoms with van der Waals surface area (Å²) in [6, 6.07) is 2.64. The number of thiazole rings is 1. The van der Waals surface area contributed by atoms with Crippen molar-refractivity contribution < 1.29 is 4.74 Å². The Bertz CT molecular complexity index is 566. The second-order valence-corrected chi connectivity index (χ2v) is 6.04. The van der Waals surface area contributed by atoms with E-state index in [4.69, 9.17) is 4.74 Å². The van der Waals surface area contributed by atoms with Crippen molar-refractivity contribution in [2.24, 2.45) is 0 Å². The first kappa shape index (κ1) is 13.5. The van der Waals surface area contributed by atoms with E-state index in [9.17, 15) is 0 Å². The van der Waals surface area contributed by atoms with Gasteiger partial charge < -0.3 is 10.1 Å². The van der Waals surface area contributed by atoms with Crippen LogP contribution in [-0.2, 0) is 13.0 Å². The van der Waals surface area contributed by atoms with Crippen molar-refractivity contribution >= 4 is 11.3 Å². The smallest absolute Gasteiger partial charge is 0.126 e. The molecule has 3 rings (SSSR count). The molecule has 1 saturated carbocycles. The van der Waals surface area contributed by atoms with E-state index in [0.717, 1.165) is 30.0 Å². The minimum absolute atomic E-state index is 0.684. The molecular weight excluding hydrogens is 270 g/mol. The van der Waals surface area contributed by atoms with Gasteiger partial charge in [-0.1, -0.05) is 0 Å². The van der Waals surface area contributed by atoms with Crippen LogP contribution < -0.4 is 10.1 Å². The zero-order valence-electron chi connectivity index (χ0n) is 11.6. The van der Waals surface area contributed by atoms with Gasteiger partial charge in [0.15, 0.2) is 0 Å². The molecule has 0 aromatic carbocycles. The standard InChI is InChI=1S/C15H19N3OS/c1-11-15(20-10-18-11)5-7-19-14-4-6-16-8-12(14)9-17-13-2-3-13/h4,6,8,10,13,17H,2-3,5,7,9H2,1H3.